The van der Waals surface area contributed by atoms with Gasteiger partial charge in [-0.2, -0.15) is 0 Å². The van der Waals surface area contributed by atoms with Gasteiger partial charge in [-0.15, -0.1) is 0 Å². The fourth-order valence-electron chi connectivity index (χ4n) is 1.71. The van der Waals surface area contributed by atoms with Gasteiger partial charge >= 0.3 is 0 Å². The minimum atomic E-state index is 0.967. The number of pyridine rings is 1. The zero-order valence-electron chi connectivity index (χ0n) is 8.05. The third-order valence-electron chi connectivity index (χ3n) is 2.33. The summed E-state index contributed by atoms with van der Waals surface area (Å²) in [6.45, 7) is 3.01. The highest BCUT2D eigenvalue weighted by Gasteiger charge is 2.14. The van der Waals surface area contributed by atoms with Crippen LogP contribution in [0.5, 0.6) is 5.75 Å². The molecule has 0 saturated carbocycles. The molecule has 0 unspecified atom stereocenters. The predicted molar refractivity (Wildman–Crippen MR) is 52.3 cm³/mol. The lowest BCUT2D eigenvalue weighted by Crippen LogP contribution is -2.14. The van der Waals surface area contributed by atoms with Crippen LogP contribution in [0.25, 0.3) is 0 Å². The number of rotatable bonds is 1. The van der Waals surface area contributed by atoms with E-state index in [9.17, 15) is 0 Å². The Balaban J connectivity index is 2.50. The number of fused-ring (bicyclic) bond motifs is 1. The largest absolute Gasteiger partial charge is 0.496 e. The minimum Gasteiger partial charge on any atom is -0.496 e. The lowest BCUT2D eigenvalue weighted by Gasteiger charge is -2.19. The first-order valence-corrected chi connectivity index (χ1v) is 4.59. The van der Waals surface area contributed by atoms with Gasteiger partial charge in [0.25, 0.3) is 0 Å². The van der Waals surface area contributed by atoms with E-state index in [2.05, 4.69) is 10.3 Å². The van der Waals surface area contributed by atoms with Crippen LogP contribution in [0.1, 0.15) is 17.7 Å². The van der Waals surface area contributed by atoms with E-state index in [0.717, 1.165) is 36.6 Å². The smallest absolute Gasteiger partial charge is 0.133 e. The molecule has 0 fully saturated rings. The van der Waals surface area contributed by atoms with Crippen molar-refractivity contribution in [2.75, 3.05) is 19.0 Å². The Morgan fingerprint density at radius 3 is 3.15 bits per heavy atom. The summed E-state index contributed by atoms with van der Waals surface area (Å²) in [6.07, 6.45) is 2.23. The molecule has 1 aromatic rings. The van der Waals surface area contributed by atoms with Crippen LogP contribution in [0.4, 0.5) is 5.82 Å². The van der Waals surface area contributed by atoms with Crippen molar-refractivity contribution >= 4 is 5.82 Å². The van der Waals surface area contributed by atoms with Gasteiger partial charge in [-0.05, 0) is 19.8 Å². The molecule has 13 heavy (non-hydrogen) atoms. The van der Waals surface area contributed by atoms with Crippen LogP contribution >= 0.6 is 0 Å². The molecule has 0 saturated heterocycles. The Bertz CT molecular complexity index is 306. The molecule has 0 aliphatic carbocycles. The van der Waals surface area contributed by atoms with Gasteiger partial charge in [0.05, 0.1) is 7.11 Å². The number of aryl methyl sites for hydroxylation is 1. The third-order valence-corrected chi connectivity index (χ3v) is 2.33. The number of ether oxygens (including phenoxy) is 1. The molecule has 0 atom stereocenters. The molecule has 0 amide bonds. The number of nitrogens with zero attached hydrogens (tertiary/aromatic N) is 1. The normalized spacial score (nSPS) is 14.6. The third kappa shape index (κ3) is 1.46. The maximum absolute atomic E-state index is 5.31. The van der Waals surface area contributed by atoms with Gasteiger partial charge in [-0.1, -0.05) is 0 Å². The second kappa shape index (κ2) is 3.24. The van der Waals surface area contributed by atoms with E-state index in [-0.39, 0.29) is 0 Å². The van der Waals surface area contributed by atoms with Gasteiger partial charge in [0, 0.05) is 23.9 Å². The first-order chi connectivity index (χ1) is 6.31. The Hall–Kier alpha value is -1.25. The Morgan fingerprint density at radius 2 is 2.38 bits per heavy atom. The van der Waals surface area contributed by atoms with Crippen molar-refractivity contribution in [1.82, 2.24) is 4.98 Å². The molecular formula is C10H14N2O. The van der Waals surface area contributed by atoms with Crippen LogP contribution in [0.2, 0.25) is 0 Å². The molecule has 1 aliphatic rings. The Morgan fingerprint density at radius 1 is 1.54 bits per heavy atom. The van der Waals surface area contributed by atoms with Crippen LogP contribution in [0.3, 0.4) is 0 Å². The average molecular weight is 178 g/mol. The summed E-state index contributed by atoms with van der Waals surface area (Å²) in [7, 11) is 1.71. The van der Waals surface area contributed by atoms with Gasteiger partial charge in [-0.25, -0.2) is 4.98 Å². The predicted octanol–water partition coefficient (Wildman–Crippen LogP) is 1.76. The van der Waals surface area contributed by atoms with Gasteiger partial charge in [0.15, 0.2) is 0 Å². The van der Waals surface area contributed by atoms with Crippen molar-refractivity contribution in [2.45, 2.75) is 19.8 Å². The monoisotopic (exact) mass is 178 g/mol. The van der Waals surface area contributed by atoms with Crippen molar-refractivity contribution in [3.05, 3.63) is 17.3 Å². The van der Waals surface area contributed by atoms with Crippen LogP contribution in [-0.4, -0.2) is 18.6 Å². The fraction of sp³-hybridized carbons (Fsp3) is 0.500. The highest BCUT2D eigenvalue weighted by Crippen LogP contribution is 2.29. The molecule has 2 heterocycles. The number of nitrogens with one attached hydrogen (secondary N) is 1. The van der Waals surface area contributed by atoms with Crippen molar-refractivity contribution in [3.8, 4) is 5.75 Å². The van der Waals surface area contributed by atoms with Crippen molar-refractivity contribution in [1.29, 1.82) is 0 Å². The number of anilines is 1. The van der Waals surface area contributed by atoms with Crippen LogP contribution in [-0.2, 0) is 6.42 Å². The summed E-state index contributed by atoms with van der Waals surface area (Å²) in [5, 5.41) is 3.29. The molecule has 0 aromatic carbocycles. The van der Waals surface area contributed by atoms with Crippen LogP contribution < -0.4 is 10.1 Å². The van der Waals surface area contributed by atoms with E-state index in [1.165, 1.54) is 5.56 Å². The van der Waals surface area contributed by atoms with Crippen LogP contribution in [0, 0.1) is 6.92 Å². The molecular weight excluding hydrogens is 164 g/mol. The van der Waals surface area contributed by atoms with Gasteiger partial charge in [-0.3, -0.25) is 0 Å². The molecule has 1 aromatic heterocycles. The number of methoxy groups -OCH3 is 1. The van der Waals surface area contributed by atoms with E-state index in [0.29, 0.717) is 0 Å². The fourth-order valence-corrected chi connectivity index (χ4v) is 1.71. The van der Waals surface area contributed by atoms with Crippen molar-refractivity contribution in [3.63, 3.8) is 0 Å². The number of aromatic nitrogens is 1. The van der Waals surface area contributed by atoms with Crippen LogP contribution in [0.15, 0.2) is 6.07 Å². The highest BCUT2D eigenvalue weighted by molar-refractivity contribution is 5.54. The van der Waals surface area contributed by atoms with Gasteiger partial charge in [0.2, 0.25) is 0 Å². The minimum absolute atomic E-state index is 0.967. The molecule has 0 spiro atoms. The number of hydrogen-bond donors (Lipinski definition) is 1. The summed E-state index contributed by atoms with van der Waals surface area (Å²) < 4.78 is 5.31. The zero-order chi connectivity index (χ0) is 9.26. The maximum Gasteiger partial charge on any atom is 0.133 e. The quantitative estimate of drug-likeness (QED) is 0.711. The Kier molecular flexibility index (Phi) is 2.08. The second-order valence-corrected chi connectivity index (χ2v) is 3.32. The second-order valence-electron chi connectivity index (χ2n) is 3.32. The molecule has 1 aliphatic heterocycles. The first kappa shape index (κ1) is 8.35. The molecule has 3 nitrogen and oxygen atoms in total. The van der Waals surface area contributed by atoms with Gasteiger partial charge in [0.1, 0.15) is 11.6 Å². The summed E-state index contributed by atoms with van der Waals surface area (Å²) in [6, 6.07) is 1.99. The lowest BCUT2D eigenvalue weighted by molar-refractivity contribution is 0.407. The van der Waals surface area contributed by atoms with E-state index in [1.807, 2.05) is 13.0 Å². The van der Waals surface area contributed by atoms with E-state index in [1.54, 1.807) is 7.11 Å². The molecule has 3 heteroatoms. The molecule has 1 N–H and O–H groups in total. The zero-order valence-corrected chi connectivity index (χ0v) is 8.05. The molecule has 0 bridgehead atoms. The summed E-state index contributed by atoms with van der Waals surface area (Å²) in [5.41, 5.74) is 2.23. The standard InChI is InChI=1S/C10H14N2O/c1-7-6-9(13-2)8-4-3-5-11-10(8)12-7/h6H,3-5H2,1-2H3,(H,11,12). The van der Waals surface area contributed by atoms with E-state index in [4.69, 9.17) is 4.74 Å². The molecule has 2 rings (SSSR count). The summed E-state index contributed by atoms with van der Waals surface area (Å²) in [5.74, 6) is 1.97. The number of hydrogen-bond acceptors (Lipinski definition) is 3. The SMILES string of the molecule is COc1cc(C)nc2c1CCCN2. The molecule has 70 valence electrons. The van der Waals surface area contributed by atoms with Crippen molar-refractivity contribution in [2.24, 2.45) is 0 Å². The van der Waals surface area contributed by atoms with Gasteiger partial charge < -0.3 is 10.1 Å². The first-order valence-electron chi connectivity index (χ1n) is 4.59. The molecule has 0 radical (unpaired) electrons. The van der Waals surface area contributed by atoms with E-state index >= 15 is 0 Å². The van der Waals surface area contributed by atoms with E-state index < -0.39 is 0 Å². The lowest BCUT2D eigenvalue weighted by atomic mass is 10.1. The summed E-state index contributed by atoms with van der Waals surface area (Å²) in [4.78, 5) is 4.43. The topological polar surface area (TPSA) is 34.1 Å². The highest BCUT2D eigenvalue weighted by atomic mass is 16.5. The Labute approximate surface area is 78.1 Å². The average Bonchev–Trinajstić information content (AvgIpc) is 2.16. The maximum atomic E-state index is 5.31. The summed E-state index contributed by atoms with van der Waals surface area (Å²) >= 11 is 0. The van der Waals surface area contributed by atoms with Crippen molar-refractivity contribution < 1.29 is 4.74 Å².